The van der Waals surface area contributed by atoms with Gasteiger partial charge in [-0.2, -0.15) is 0 Å². The van der Waals surface area contributed by atoms with Crippen molar-refractivity contribution in [2.45, 2.75) is 0 Å². The second kappa shape index (κ2) is 7.75. The van der Waals surface area contributed by atoms with E-state index in [2.05, 4.69) is 10.6 Å². The number of carbonyl (C=O) groups is 2. The molecule has 0 saturated heterocycles. The van der Waals surface area contributed by atoms with E-state index in [1.54, 1.807) is 44.4 Å². The van der Waals surface area contributed by atoms with Crippen molar-refractivity contribution in [1.82, 2.24) is 4.90 Å². The van der Waals surface area contributed by atoms with E-state index in [9.17, 15) is 9.59 Å². The van der Waals surface area contributed by atoms with E-state index in [-0.39, 0.29) is 11.8 Å². The van der Waals surface area contributed by atoms with Crippen LogP contribution in [-0.4, -0.2) is 30.8 Å². The highest BCUT2D eigenvalue weighted by Gasteiger charge is 2.28. The minimum Gasteiger partial charge on any atom is -0.399 e. The fourth-order valence-electron chi connectivity index (χ4n) is 3.42. The van der Waals surface area contributed by atoms with Crippen molar-refractivity contribution < 1.29 is 9.59 Å². The van der Waals surface area contributed by atoms with E-state index in [4.69, 9.17) is 5.73 Å². The van der Waals surface area contributed by atoms with Crippen LogP contribution in [-0.2, 0) is 4.79 Å². The molecule has 0 atom stereocenters. The molecule has 1 aliphatic rings. The zero-order valence-electron chi connectivity index (χ0n) is 16.8. The molecule has 6 nitrogen and oxygen atoms in total. The summed E-state index contributed by atoms with van der Waals surface area (Å²) in [4.78, 5) is 26.5. The Morgan fingerprint density at radius 1 is 0.933 bits per heavy atom. The molecule has 0 bridgehead atoms. The Balaban J connectivity index is 1.80. The van der Waals surface area contributed by atoms with E-state index in [1.807, 2.05) is 42.5 Å². The van der Waals surface area contributed by atoms with E-state index in [0.717, 1.165) is 22.5 Å². The molecule has 1 heterocycles. The Morgan fingerprint density at radius 3 is 2.30 bits per heavy atom. The van der Waals surface area contributed by atoms with Crippen molar-refractivity contribution in [2.75, 3.05) is 30.5 Å². The summed E-state index contributed by atoms with van der Waals surface area (Å²) >= 11 is 0. The van der Waals surface area contributed by atoms with Crippen LogP contribution in [0, 0.1) is 0 Å². The molecule has 3 aromatic carbocycles. The van der Waals surface area contributed by atoms with Gasteiger partial charge in [0, 0.05) is 42.3 Å². The highest BCUT2D eigenvalue weighted by atomic mass is 16.2. The first kappa shape index (κ1) is 19.3. The largest absolute Gasteiger partial charge is 0.399 e. The number of nitrogens with one attached hydrogen (secondary N) is 2. The molecule has 0 fully saturated rings. The van der Waals surface area contributed by atoms with Gasteiger partial charge in [-0.1, -0.05) is 30.3 Å². The van der Waals surface area contributed by atoms with Crippen LogP contribution in [0.5, 0.6) is 0 Å². The fraction of sp³-hybridized carbons (Fsp3) is 0.0833. The summed E-state index contributed by atoms with van der Waals surface area (Å²) in [6, 6.07) is 22.2. The molecule has 30 heavy (non-hydrogen) atoms. The molecule has 0 radical (unpaired) electrons. The monoisotopic (exact) mass is 398 g/mol. The number of benzene rings is 3. The van der Waals surface area contributed by atoms with E-state index >= 15 is 0 Å². The van der Waals surface area contributed by atoms with Gasteiger partial charge in [0.05, 0.1) is 11.3 Å². The van der Waals surface area contributed by atoms with Crippen LogP contribution < -0.4 is 16.4 Å². The van der Waals surface area contributed by atoms with Gasteiger partial charge < -0.3 is 21.3 Å². The molecule has 1 aliphatic heterocycles. The summed E-state index contributed by atoms with van der Waals surface area (Å²) in [6.07, 6.45) is 0. The second-order valence-corrected chi connectivity index (χ2v) is 7.28. The third kappa shape index (κ3) is 3.63. The molecule has 150 valence electrons. The van der Waals surface area contributed by atoms with Crippen LogP contribution in [0.4, 0.5) is 17.1 Å². The minimum atomic E-state index is -0.193. The number of nitrogen functional groups attached to an aromatic ring is 1. The van der Waals surface area contributed by atoms with Crippen LogP contribution in [0.1, 0.15) is 21.5 Å². The van der Waals surface area contributed by atoms with E-state index in [1.165, 1.54) is 4.90 Å². The molecule has 4 N–H and O–H groups in total. The van der Waals surface area contributed by atoms with Gasteiger partial charge in [-0.3, -0.25) is 9.59 Å². The van der Waals surface area contributed by atoms with Crippen LogP contribution in [0.15, 0.2) is 72.8 Å². The van der Waals surface area contributed by atoms with Crippen LogP contribution in [0.3, 0.4) is 0 Å². The molecular weight excluding hydrogens is 376 g/mol. The molecule has 4 rings (SSSR count). The summed E-state index contributed by atoms with van der Waals surface area (Å²) in [5.74, 6) is -0.260. The van der Waals surface area contributed by atoms with Crippen molar-refractivity contribution in [1.29, 1.82) is 0 Å². The lowest BCUT2D eigenvalue weighted by atomic mass is 9.99. The topological polar surface area (TPSA) is 87.5 Å². The lowest BCUT2D eigenvalue weighted by molar-refractivity contribution is -0.110. The predicted octanol–water partition coefficient (Wildman–Crippen LogP) is 3.90. The maximum atomic E-state index is 12.9. The number of carbonyl (C=O) groups excluding carboxylic acids is 2. The highest BCUT2D eigenvalue weighted by molar-refractivity contribution is 6.37. The van der Waals surface area contributed by atoms with Gasteiger partial charge >= 0.3 is 0 Å². The number of fused-ring (bicyclic) bond motifs is 1. The maximum Gasteiger partial charge on any atom is 0.258 e. The van der Waals surface area contributed by atoms with Gasteiger partial charge in [-0.05, 0) is 48.0 Å². The van der Waals surface area contributed by atoms with Crippen molar-refractivity contribution in [2.24, 2.45) is 0 Å². The summed E-state index contributed by atoms with van der Waals surface area (Å²) in [7, 11) is 3.43. The van der Waals surface area contributed by atoms with E-state index < -0.39 is 0 Å². The molecular formula is C24H22N4O2. The molecule has 0 spiro atoms. The number of rotatable bonds is 4. The number of amides is 2. The first-order chi connectivity index (χ1) is 14.4. The van der Waals surface area contributed by atoms with Gasteiger partial charge in [-0.25, -0.2) is 0 Å². The number of hydrogen-bond acceptors (Lipinski definition) is 4. The molecule has 3 aromatic rings. The maximum absolute atomic E-state index is 12.9. The second-order valence-electron chi connectivity index (χ2n) is 7.28. The van der Waals surface area contributed by atoms with Crippen molar-refractivity contribution in [3.8, 4) is 0 Å². The zero-order valence-corrected chi connectivity index (χ0v) is 16.8. The standard InChI is InChI=1S/C24H22N4O2/c1-28(2)24(30)16-8-11-18(12-9-16)26-22(15-6-4-3-5-7-15)21-19-14-17(25)10-13-20(19)27-23(21)29/h3-14,26H,25H2,1-2H3,(H,27,29). The third-order valence-corrected chi connectivity index (χ3v) is 4.91. The van der Waals surface area contributed by atoms with Crippen molar-refractivity contribution >= 4 is 40.1 Å². The van der Waals surface area contributed by atoms with Crippen LogP contribution >= 0.6 is 0 Å². The normalized spacial score (nSPS) is 14.0. The number of nitrogens with two attached hydrogens (primary N) is 1. The predicted molar refractivity (Wildman–Crippen MR) is 121 cm³/mol. The van der Waals surface area contributed by atoms with Crippen molar-refractivity contribution in [3.63, 3.8) is 0 Å². The quantitative estimate of drug-likeness (QED) is 0.459. The number of hydrogen-bond donors (Lipinski definition) is 3. The lowest BCUT2D eigenvalue weighted by Gasteiger charge is -2.16. The van der Waals surface area contributed by atoms with E-state index in [0.29, 0.717) is 22.5 Å². The average molecular weight is 398 g/mol. The van der Waals surface area contributed by atoms with Crippen LogP contribution in [0.2, 0.25) is 0 Å². The number of anilines is 3. The minimum absolute atomic E-state index is 0.0669. The molecule has 0 unspecified atom stereocenters. The first-order valence-electron chi connectivity index (χ1n) is 9.54. The van der Waals surface area contributed by atoms with Crippen LogP contribution in [0.25, 0.3) is 11.3 Å². The Labute approximate surface area is 175 Å². The molecule has 0 saturated carbocycles. The zero-order chi connectivity index (χ0) is 21.3. The third-order valence-electron chi connectivity index (χ3n) is 4.91. The summed E-state index contributed by atoms with van der Waals surface area (Å²) in [6.45, 7) is 0. The molecule has 0 aliphatic carbocycles. The Kier molecular flexibility index (Phi) is 4.98. The molecule has 2 amide bonds. The highest BCUT2D eigenvalue weighted by Crippen LogP contribution is 2.38. The molecule has 6 heteroatoms. The summed E-state index contributed by atoms with van der Waals surface area (Å²) in [5.41, 5.74) is 11.5. The van der Waals surface area contributed by atoms with Gasteiger partial charge in [0.15, 0.2) is 0 Å². The van der Waals surface area contributed by atoms with Gasteiger partial charge in [0.25, 0.3) is 11.8 Å². The molecule has 0 aromatic heterocycles. The van der Waals surface area contributed by atoms with Gasteiger partial charge in [0.2, 0.25) is 0 Å². The average Bonchev–Trinajstić information content (AvgIpc) is 3.07. The SMILES string of the molecule is CN(C)C(=O)c1ccc(NC(=C2C(=O)Nc3ccc(N)cc32)c2ccccc2)cc1. The Hall–Kier alpha value is -4.06. The lowest BCUT2D eigenvalue weighted by Crippen LogP contribution is -2.21. The number of nitrogens with zero attached hydrogens (tertiary/aromatic N) is 1. The Morgan fingerprint density at radius 2 is 1.63 bits per heavy atom. The smallest absolute Gasteiger partial charge is 0.258 e. The Bertz CT molecular complexity index is 1150. The van der Waals surface area contributed by atoms with Gasteiger partial charge in [-0.15, -0.1) is 0 Å². The fourth-order valence-corrected chi connectivity index (χ4v) is 3.42. The van der Waals surface area contributed by atoms with Crippen molar-refractivity contribution in [3.05, 3.63) is 89.5 Å². The summed E-state index contributed by atoms with van der Waals surface area (Å²) in [5, 5.41) is 6.28. The first-order valence-corrected chi connectivity index (χ1v) is 9.54. The van der Waals surface area contributed by atoms with Gasteiger partial charge in [0.1, 0.15) is 0 Å². The summed E-state index contributed by atoms with van der Waals surface area (Å²) < 4.78 is 0.